The van der Waals surface area contributed by atoms with Gasteiger partial charge in [-0.1, -0.05) is 153 Å². The zero-order chi connectivity index (χ0) is 71.9. The maximum absolute atomic E-state index is 11.8. The second-order valence-electron chi connectivity index (χ2n) is 34.4. The number of nitrogens with zero attached hydrogens (tertiary/aromatic N) is 6. The second kappa shape index (κ2) is 31.5. The zero-order valence-corrected chi connectivity index (χ0v) is 68.1. The van der Waals surface area contributed by atoms with Gasteiger partial charge in [-0.2, -0.15) is 9.97 Å². The van der Waals surface area contributed by atoms with E-state index in [1.165, 1.54) is 18.2 Å². The molecular weight excluding hydrogens is 1370 g/mol. The second-order valence-corrected chi connectivity index (χ2v) is 55.9. The maximum atomic E-state index is 11.8. The molecule has 12 rings (SSSR count). The van der Waals surface area contributed by atoms with Gasteiger partial charge < -0.3 is 57.2 Å². The Balaban J connectivity index is 0.000000202. The summed E-state index contributed by atoms with van der Waals surface area (Å²) < 4.78 is 73.0. The number of fused-ring (bicyclic) bond motifs is 4. The Bertz CT molecular complexity index is 3740. The van der Waals surface area contributed by atoms with E-state index < -0.39 is 32.8 Å². The SMILES string of the molecule is CC(C)(C)[Si](C)(C)O[C@@H]1CO[C@H]2[C@@H]1OC[C@H]2Oc1nc2cc(Cl)c(-c3ccc(C4CCC(N)CC4)cc3)nc2n1COCC[Si](C)(C)C.COC(=O)CC1CCC(c2ccc(-c3nc4c(cc3Cl)nc(O[C@@H]3CO[C@H]5[C@@H]3OC[C@H]5O[Si](C)(C)C(C)(C)C)n4COCC[Si](C)(C)C)cc2)CC1. The lowest BCUT2D eigenvalue weighted by Gasteiger charge is -2.39. The van der Waals surface area contributed by atoms with Crippen LogP contribution < -0.4 is 15.2 Å². The van der Waals surface area contributed by atoms with Crippen molar-refractivity contribution in [2.75, 3.05) is 46.8 Å². The lowest BCUT2D eigenvalue weighted by atomic mass is 9.77. The Morgan fingerprint density at radius 1 is 0.530 bits per heavy atom. The van der Waals surface area contributed by atoms with E-state index >= 15 is 0 Å². The van der Waals surface area contributed by atoms with Crippen molar-refractivity contribution in [1.82, 2.24) is 29.1 Å². The first-order valence-electron chi connectivity index (χ1n) is 36.6. The molecule has 0 radical (unpaired) electrons. The molecule has 25 heteroatoms. The summed E-state index contributed by atoms with van der Waals surface area (Å²) in [6, 6.07) is 24.3. The van der Waals surface area contributed by atoms with Gasteiger partial charge in [0, 0.05) is 53.0 Å². The number of methoxy groups -OCH3 is 1. The molecule has 19 nitrogen and oxygen atoms in total. The van der Waals surface area contributed by atoms with Gasteiger partial charge in [0.2, 0.25) is 0 Å². The molecule has 2 saturated carbocycles. The summed E-state index contributed by atoms with van der Waals surface area (Å²) in [5.74, 6) is 1.32. The molecule has 2 N–H and O–H groups in total. The normalized spacial score (nSPS) is 26.0. The number of hydrogen-bond donors (Lipinski definition) is 1. The standard InChI is InChI=1S/C39H58ClN3O7Si2.C36H55ClN4O5Si2/c1-39(2,3)52(8,9)50-32-23-48-35-31(22-47-36(32)35)49-38-41-30-21-29(40)34(42-37(30)43(38)24-46-18-19-51(5,6)7)28-16-14-27(15-17-28)26-12-10-25(11-13-26)20-33(44)45-4;1-36(2,3)48(7,8)46-30-21-44-32-29(20-43-33(30)32)45-35-39-28-19-27(37)31(40-34(28)41(35)22-42-17-18-47(4,5)6)25-11-9-23(10-12-25)24-13-15-26(38)16-14-24/h14-17,21,25-26,31-32,35-36H,10-13,18-20,22-24H2,1-9H3;9-12,19,24,26,29-30,32-33H,13-18,20-22,38H2,1-8H3/t25?,26?,31-,32-,35-,36-;24?,26?,29-,30-,32-,33-/m11/s1. The first kappa shape index (κ1) is 77.0. The first-order chi connectivity index (χ1) is 47.1. The number of hydrogen-bond acceptors (Lipinski definition) is 17. The molecule has 550 valence electrons. The number of ether oxygens (including phenoxy) is 9. The molecule has 0 amide bonds. The van der Waals surface area contributed by atoms with Crippen molar-refractivity contribution in [3.05, 3.63) is 81.8 Å². The molecule has 8 heterocycles. The quantitative estimate of drug-likeness (QED) is 0.0340. The number of imidazole rings is 2. The number of aromatic nitrogens is 6. The van der Waals surface area contributed by atoms with Gasteiger partial charge in [0.25, 0.3) is 0 Å². The van der Waals surface area contributed by atoms with Gasteiger partial charge in [0.15, 0.2) is 40.1 Å². The van der Waals surface area contributed by atoms with Crippen LogP contribution in [0.25, 0.3) is 44.8 Å². The highest BCUT2D eigenvalue weighted by molar-refractivity contribution is 6.76. The van der Waals surface area contributed by atoms with E-state index in [1.807, 2.05) is 21.3 Å². The van der Waals surface area contributed by atoms with Crippen LogP contribution in [0.2, 0.25) is 97.7 Å². The summed E-state index contributed by atoms with van der Waals surface area (Å²) in [6.07, 6.45) is 7.33. The predicted molar refractivity (Wildman–Crippen MR) is 407 cm³/mol. The smallest absolute Gasteiger partial charge is 0.305 e. The molecule has 6 fully saturated rings. The summed E-state index contributed by atoms with van der Waals surface area (Å²) in [5, 5.41) is 1.25. The van der Waals surface area contributed by atoms with Crippen LogP contribution in [0.4, 0.5) is 0 Å². The molecule has 2 aromatic carbocycles. The van der Waals surface area contributed by atoms with Gasteiger partial charge in [-0.25, -0.2) is 9.97 Å². The monoisotopic (exact) mass is 1490 g/mol. The van der Waals surface area contributed by atoms with E-state index in [9.17, 15) is 4.79 Å². The average Bonchev–Trinajstić information content (AvgIpc) is 1.58. The molecule has 0 spiro atoms. The van der Waals surface area contributed by atoms with Crippen molar-refractivity contribution < 1.29 is 56.3 Å². The number of pyridine rings is 2. The fourth-order valence-electron chi connectivity index (χ4n) is 13.8. The Morgan fingerprint density at radius 2 is 0.890 bits per heavy atom. The molecule has 100 heavy (non-hydrogen) atoms. The molecular formula is C75H113Cl2N7O12Si4. The lowest BCUT2D eigenvalue weighted by Crippen LogP contribution is -2.47. The number of carbonyl (C=O) groups excluding carboxylic acids is 1. The van der Waals surface area contributed by atoms with Crippen LogP contribution in [0.1, 0.15) is 122 Å². The number of esters is 1. The Hall–Kier alpha value is -4.16. The van der Waals surface area contributed by atoms with E-state index in [4.69, 9.17) is 100 Å². The van der Waals surface area contributed by atoms with Crippen molar-refractivity contribution in [1.29, 1.82) is 0 Å². The van der Waals surface area contributed by atoms with Crippen molar-refractivity contribution in [3.63, 3.8) is 0 Å². The van der Waals surface area contributed by atoms with Gasteiger partial charge in [-0.05, 0) is 141 Å². The minimum atomic E-state index is -2.02. The molecule has 4 aromatic heterocycles. The minimum Gasteiger partial charge on any atom is -0.469 e. The Labute approximate surface area is 607 Å². The van der Waals surface area contributed by atoms with Crippen molar-refractivity contribution in [3.8, 4) is 34.5 Å². The van der Waals surface area contributed by atoms with E-state index in [0.29, 0.717) is 126 Å². The van der Waals surface area contributed by atoms with Gasteiger partial charge in [0.05, 0.1) is 67.2 Å². The fourth-order valence-corrected chi connectivity index (χ4v) is 18.5. The van der Waals surface area contributed by atoms with E-state index in [2.05, 4.69) is 156 Å². The van der Waals surface area contributed by atoms with Gasteiger partial charge in [0.1, 0.15) is 48.9 Å². The molecule has 0 unspecified atom stereocenters. The van der Waals surface area contributed by atoms with Crippen LogP contribution in [0.3, 0.4) is 0 Å². The molecule has 6 aromatic rings. The van der Waals surface area contributed by atoms with E-state index in [0.717, 1.165) is 74.6 Å². The van der Waals surface area contributed by atoms with Crippen LogP contribution in [0, 0.1) is 5.92 Å². The first-order valence-corrected chi connectivity index (χ1v) is 50.6. The predicted octanol–water partition coefficient (Wildman–Crippen LogP) is 16.8. The van der Waals surface area contributed by atoms with Gasteiger partial charge in [-0.3, -0.25) is 13.9 Å². The molecule has 0 bridgehead atoms. The molecule has 2 aliphatic carbocycles. The number of nitrogens with two attached hydrogens (primary N) is 1. The van der Waals surface area contributed by atoms with Crippen LogP contribution in [0.15, 0.2) is 60.7 Å². The van der Waals surface area contributed by atoms with Gasteiger partial charge in [-0.15, -0.1) is 0 Å². The van der Waals surface area contributed by atoms with Crippen molar-refractivity contribution in [2.45, 2.75) is 267 Å². The summed E-state index contributed by atoms with van der Waals surface area (Å²) in [6.45, 7) is 40.2. The van der Waals surface area contributed by atoms with Crippen LogP contribution in [-0.4, -0.2) is 169 Å². The highest BCUT2D eigenvalue weighted by atomic mass is 35.5. The van der Waals surface area contributed by atoms with Crippen LogP contribution in [0.5, 0.6) is 12.0 Å². The topological polar surface area (TPSA) is 206 Å². The van der Waals surface area contributed by atoms with Crippen molar-refractivity contribution >= 4 is 84.3 Å². The highest BCUT2D eigenvalue weighted by Gasteiger charge is 2.54. The van der Waals surface area contributed by atoms with E-state index in [-0.39, 0.29) is 78.3 Å². The Kier molecular flexibility index (Phi) is 24.2. The molecule has 4 saturated heterocycles. The number of halogens is 2. The van der Waals surface area contributed by atoms with E-state index in [1.54, 1.807) is 0 Å². The van der Waals surface area contributed by atoms with Crippen molar-refractivity contribution in [2.24, 2.45) is 11.7 Å². The molecule has 4 aliphatic heterocycles. The summed E-state index contributed by atoms with van der Waals surface area (Å²) in [4.78, 5) is 31.7. The summed E-state index contributed by atoms with van der Waals surface area (Å²) >= 11 is 13.8. The Morgan fingerprint density at radius 3 is 1.25 bits per heavy atom. The third-order valence-electron chi connectivity index (χ3n) is 22.3. The maximum Gasteiger partial charge on any atom is 0.305 e. The largest absolute Gasteiger partial charge is 0.469 e. The van der Waals surface area contributed by atoms with Crippen LogP contribution >= 0.6 is 23.2 Å². The molecule has 8 atom stereocenters. The van der Waals surface area contributed by atoms with Crippen LogP contribution in [-0.2, 0) is 60.3 Å². The highest BCUT2D eigenvalue weighted by Crippen LogP contribution is 2.45. The lowest BCUT2D eigenvalue weighted by molar-refractivity contribution is -0.142. The summed E-state index contributed by atoms with van der Waals surface area (Å²) in [5.41, 5.74) is 14.7. The average molecular weight is 1490 g/mol. The number of carbonyl (C=O) groups is 1. The number of rotatable bonds is 24. The number of benzene rings is 2. The van der Waals surface area contributed by atoms with Gasteiger partial charge >= 0.3 is 18.0 Å². The third kappa shape index (κ3) is 18.4. The summed E-state index contributed by atoms with van der Waals surface area (Å²) in [7, 11) is -5.11. The third-order valence-corrected chi connectivity index (χ3v) is 35.3. The zero-order valence-electron chi connectivity index (χ0n) is 62.6. The molecule has 6 aliphatic rings. The fraction of sp³-hybridized carbons (Fsp3) is 0.667. The minimum absolute atomic E-state index is 0.0857.